The Labute approximate surface area is 137 Å². The van der Waals surface area contributed by atoms with Gasteiger partial charge in [-0.05, 0) is 25.8 Å². The predicted octanol–water partition coefficient (Wildman–Crippen LogP) is 1.90. The molecule has 6 heteroatoms. The number of hydrogen-bond donors (Lipinski definition) is 1. The SMILES string of the molecule is CCC(O)C1CCCCN1Cc1csc(CC(=O)N(C)C)n1. The number of aliphatic hydroxyl groups is 1. The Morgan fingerprint density at radius 3 is 3.00 bits per heavy atom. The number of likely N-dealkylation sites (N-methyl/N-ethyl adjacent to an activating group) is 1. The lowest BCUT2D eigenvalue weighted by Gasteiger charge is -2.37. The first-order chi connectivity index (χ1) is 10.5. The highest BCUT2D eigenvalue weighted by atomic mass is 32.1. The van der Waals surface area contributed by atoms with Crippen molar-refractivity contribution >= 4 is 17.2 Å². The molecular formula is C16H27N3O2S. The molecule has 22 heavy (non-hydrogen) atoms. The molecule has 1 amide bonds. The fourth-order valence-electron chi connectivity index (χ4n) is 2.92. The van der Waals surface area contributed by atoms with E-state index in [1.54, 1.807) is 30.3 Å². The molecule has 0 aliphatic carbocycles. The molecule has 1 aliphatic rings. The van der Waals surface area contributed by atoms with E-state index in [-0.39, 0.29) is 18.1 Å². The second kappa shape index (κ2) is 8.04. The van der Waals surface area contributed by atoms with E-state index in [0.717, 1.165) is 36.6 Å². The van der Waals surface area contributed by atoms with Crippen LogP contribution in [0.2, 0.25) is 0 Å². The standard InChI is InChI=1S/C16H27N3O2S/c1-4-14(20)13-7-5-6-8-19(13)10-12-11-22-15(17-12)9-16(21)18(2)3/h11,13-14,20H,4-10H2,1-3H3. The number of thiazole rings is 1. The molecule has 124 valence electrons. The molecule has 1 aromatic heterocycles. The van der Waals surface area contributed by atoms with Crippen molar-refractivity contribution in [1.29, 1.82) is 0 Å². The molecule has 1 N–H and O–H groups in total. The molecule has 2 unspecified atom stereocenters. The number of likely N-dealkylation sites (tertiary alicyclic amines) is 1. The molecule has 0 radical (unpaired) electrons. The molecule has 0 saturated carbocycles. The Morgan fingerprint density at radius 2 is 2.32 bits per heavy atom. The first kappa shape index (κ1) is 17.4. The van der Waals surface area contributed by atoms with Crippen LogP contribution >= 0.6 is 11.3 Å². The van der Waals surface area contributed by atoms with Gasteiger partial charge in [0.25, 0.3) is 0 Å². The maximum absolute atomic E-state index is 11.7. The van der Waals surface area contributed by atoms with Crippen molar-refractivity contribution in [3.05, 3.63) is 16.1 Å². The van der Waals surface area contributed by atoms with Crippen molar-refractivity contribution in [1.82, 2.24) is 14.8 Å². The van der Waals surface area contributed by atoms with Crippen molar-refractivity contribution in [3.63, 3.8) is 0 Å². The zero-order chi connectivity index (χ0) is 16.1. The summed E-state index contributed by atoms with van der Waals surface area (Å²) >= 11 is 1.55. The van der Waals surface area contributed by atoms with Crippen molar-refractivity contribution in [2.45, 2.75) is 57.7 Å². The Bertz CT molecular complexity index is 489. The normalized spacial score (nSPS) is 20.8. The van der Waals surface area contributed by atoms with Crippen LogP contribution in [-0.4, -0.2) is 58.6 Å². The summed E-state index contributed by atoms with van der Waals surface area (Å²) < 4.78 is 0. The summed E-state index contributed by atoms with van der Waals surface area (Å²) in [6.45, 7) is 3.82. The lowest BCUT2D eigenvalue weighted by molar-refractivity contribution is -0.127. The first-order valence-corrected chi connectivity index (χ1v) is 8.94. The average molecular weight is 325 g/mol. The number of piperidine rings is 1. The van der Waals surface area contributed by atoms with Gasteiger partial charge in [0.05, 0.1) is 18.2 Å². The Morgan fingerprint density at radius 1 is 1.55 bits per heavy atom. The van der Waals surface area contributed by atoms with E-state index >= 15 is 0 Å². The zero-order valence-corrected chi connectivity index (χ0v) is 14.6. The number of hydrogen-bond acceptors (Lipinski definition) is 5. The predicted molar refractivity (Wildman–Crippen MR) is 88.9 cm³/mol. The Hall–Kier alpha value is -0.980. The smallest absolute Gasteiger partial charge is 0.228 e. The molecule has 1 aliphatic heterocycles. The molecule has 2 rings (SSSR count). The monoisotopic (exact) mass is 325 g/mol. The average Bonchev–Trinajstić information content (AvgIpc) is 2.94. The van der Waals surface area contributed by atoms with E-state index in [2.05, 4.69) is 9.88 Å². The van der Waals surface area contributed by atoms with E-state index < -0.39 is 0 Å². The van der Waals surface area contributed by atoms with Gasteiger partial charge in [0.15, 0.2) is 0 Å². The highest BCUT2D eigenvalue weighted by Crippen LogP contribution is 2.24. The zero-order valence-electron chi connectivity index (χ0n) is 13.8. The van der Waals surface area contributed by atoms with E-state index in [9.17, 15) is 9.90 Å². The van der Waals surface area contributed by atoms with E-state index in [1.807, 2.05) is 12.3 Å². The van der Waals surface area contributed by atoms with Crippen LogP contribution in [0.25, 0.3) is 0 Å². The van der Waals surface area contributed by atoms with Gasteiger partial charge in [-0.2, -0.15) is 0 Å². The molecule has 5 nitrogen and oxygen atoms in total. The van der Waals surface area contributed by atoms with Crippen molar-refractivity contribution in [3.8, 4) is 0 Å². The third-order valence-corrected chi connectivity index (χ3v) is 5.19. The third kappa shape index (κ3) is 4.51. The molecule has 2 heterocycles. The molecule has 1 saturated heterocycles. The summed E-state index contributed by atoms with van der Waals surface area (Å²) in [5.41, 5.74) is 1.02. The van der Waals surface area contributed by atoms with Crippen molar-refractivity contribution < 1.29 is 9.90 Å². The number of rotatable bonds is 6. The highest BCUT2D eigenvalue weighted by molar-refractivity contribution is 7.09. The molecule has 2 atom stereocenters. The minimum absolute atomic E-state index is 0.0816. The van der Waals surface area contributed by atoms with Gasteiger partial charge in [-0.1, -0.05) is 13.3 Å². The highest BCUT2D eigenvalue weighted by Gasteiger charge is 2.28. The molecular weight excluding hydrogens is 298 g/mol. The minimum Gasteiger partial charge on any atom is -0.392 e. The van der Waals surface area contributed by atoms with Gasteiger partial charge in [-0.15, -0.1) is 11.3 Å². The fourth-order valence-corrected chi connectivity index (χ4v) is 3.70. The quantitative estimate of drug-likeness (QED) is 0.868. The van der Waals surface area contributed by atoms with E-state index in [0.29, 0.717) is 6.42 Å². The van der Waals surface area contributed by atoms with Gasteiger partial charge in [0.2, 0.25) is 5.91 Å². The molecule has 0 bridgehead atoms. The lowest BCUT2D eigenvalue weighted by atomic mass is 9.96. The van der Waals surface area contributed by atoms with Gasteiger partial charge in [0, 0.05) is 32.1 Å². The summed E-state index contributed by atoms with van der Waals surface area (Å²) in [4.78, 5) is 20.3. The van der Waals surface area contributed by atoms with Crippen LogP contribution in [0.4, 0.5) is 0 Å². The molecule has 1 fully saturated rings. The number of carbonyl (C=O) groups excluding carboxylic acids is 1. The second-order valence-electron chi connectivity index (χ2n) is 6.21. The van der Waals surface area contributed by atoms with Gasteiger partial charge in [-0.25, -0.2) is 4.98 Å². The van der Waals surface area contributed by atoms with Crippen LogP contribution in [-0.2, 0) is 17.8 Å². The van der Waals surface area contributed by atoms with Gasteiger partial charge < -0.3 is 10.0 Å². The Kier molecular flexibility index (Phi) is 6.35. The van der Waals surface area contributed by atoms with Crippen molar-refractivity contribution in [2.24, 2.45) is 0 Å². The van der Waals surface area contributed by atoms with Gasteiger partial charge in [-0.3, -0.25) is 9.69 Å². The topological polar surface area (TPSA) is 56.7 Å². The van der Waals surface area contributed by atoms with Gasteiger partial charge in [0.1, 0.15) is 5.01 Å². The molecule has 0 aromatic carbocycles. The van der Waals surface area contributed by atoms with Crippen LogP contribution < -0.4 is 0 Å². The number of amides is 1. The summed E-state index contributed by atoms with van der Waals surface area (Å²) in [6, 6.07) is 0.243. The van der Waals surface area contributed by atoms with E-state index in [4.69, 9.17) is 0 Å². The first-order valence-electron chi connectivity index (χ1n) is 8.06. The Balaban J connectivity index is 1.97. The third-order valence-electron chi connectivity index (χ3n) is 4.29. The maximum Gasteiger partial charge on any atom is 0.228 e. The number of carbonyl (C=O) groups is 1. The second-order valence-corrected chi connectivity index (χ2v) is 7.15. The summed E-state index contributed by atoms with van der Waals surface area (Å²) in [6.07, 6.45) is 4.35. The number of aromatic nitrogens is 1. The van der Waals surface area contributed by atoms with E-state index in [1.165, 1.54) is 12.8 Å². The lowest BCUT2D eigenvalue weighted by Crippen LogP contribution is -2.46. The largest absolute Gasteiger partial charge is 0.392 e. The summed E-state index contributed by atoms with van der Waals surface area (Å²) in [5, 5.41) is 13.1. The fraction of sp³-hybridized carbons (Fsp3) is 0.750. The van der Waals surface area contributed by atoms with Gasteiger partial charge >= 0.3 is 0 Å². The molecule has 1 aromatic rings. The van der Waals surface area contributed by atoms with Crippen LogP contribution in [0.15, 0.2) is 5.38 Å². The molecule has 0 spiro atoms. The van der Waals surface area contributed by atoms with Crippen molar-refractivity contribution in [2.75, 3.05) is 20.6 Å². The summed E-state index contributed by atoms with van der Waals surface area (Å²) in [7, 11) is 3.53. The maximum atomic E-state index is 11.7. The summed E-state index contributed by atoms with van der Waals surface area (Å²) in [5.74, 6) is 0.0816. The number of nitrogens with zero attached hydrogens (tertiary/aromatic N) is 3. The van der Waals surface area contributed by atoms with Crippen LogP contribution in [0.3, 0.4) is 0 Å². The van der Waals surface area contributed by atoms with Crippen LogP contribution in [0.1, 0.15) is 43.3 Å². The van der Waals surface area contributed by atoms with Crippen LogP contribution in [0.5, 0.6) is 0 Å². The number of aliphatic hydroxyl groups excluding tert-OH is 1. The van der Waals surface area contributed by atoms with Crippen LogP contribution in [0, 0.1) is 0 Å². The minimum atomic E-state index is -0.256.